The minimum atomic E-state index is -0.211. The topological polar surface area (TPSA) is 100 Å². The number of pyridine rings is 1. The average molecular weight is 532 g/mol. The van der Waals surface area contributed by atoms with Crippen molar-refractivity contribution in [3.8, 4) is 17.1 Å². The normalized spacial score (nSPS) is 17.5. The number of H-pyrrole nitrogens is 1. The number of hydrogen-bond donors (Lipinski definition) is 2. The number of carbonyl (C=O) groups excluding carboxylic acids is 2. The van der Waals surface area contributed by atoms with E-state index in [9.17, 15) is 9.59 Å². The largest absolute Gasteiger partial charge is 0.480 e. The number of fused-ring (bicyclic) bond motifs is 1. The summed E-state index contributed by atoms with van der Waals surface area (Å²) in [5, 5.41) is 4.34. The average Bonchev–Trinajstić information content (AvgIpc) is 3.40. The van der Waals surface area contributed by atoms with E-state index in [0.717, 1.165) is 86.1 Å². The molecule has 1 saturated heterocycles. The number of nitrogens with zero attached hydrogens (tertiary/aromatic N) is 3. The second kappa shape index (κ2) is 11.9. The molecule has 1 amide bonds. The second-order valence-corrected chi connectivity index (χ2v) is 11.4. The van der Waals surface area contributed by atoms with Gasteiger partial charge in [0.15, 0.2) is 0 Å². The summed E-state index contributed by atoms with van der Waals surface area (Å²) in [5.41, 5.74) is 2.88. The smallest absolute Gasteiger partial charge is 0.223 e. The molecule has 1 spiro atoms. The molecule has 2 aliphatic rings. The first kappa shape index (κ1) is 27.3. The summed E-state index contributed by atoms with van der Waals surface area (Å²) < 4.78 is 5.61. The predicted molar refractivity (Wildman–Crippen MR) is 152 cm³/mol. The van der Waals surface area contributed by atoms with Crippen LogP contribution in [0, 0.1) is 11.3 Å². The Labute approximate surface area is 230 Å². The second-order valence-electron chi connectivity index (χ2n) is 11.4. The van der Waals surface area contributed by atoms with Crippen molar-refractivity contribution in [2.45, 2.75) is 71.3 Å². The van der Waals surface area contributed by atoms with Crippen molar-refractivity contribution in [2.24, 2.45) is 11.3 Å². The number of Topliss-reactive ketones (excluding diaryl/α,β-unsaturated/α-hetero) is 1. The van der Waals surface area contributed by atoms with Crippen molar-refractivity contribution < 1.29 is 14.3 Å². The van der Waals surface area contributed by atoms with Gasteiger partial charge in [0, 0.05) is 37.2 Å². The molecule has 1 atom stereocenters. The fraction of sp³-hybridized carbons (Fsp3) is 0.548. The molecule has 3 heterocycles. The van der Waals surface area contributed by atoms with Crippen molar-refractivity contribution in [3.63, 3.8) is 0 Å². The van der Waals surface area contributed by atoms with Crippen LogP contribution in [-0.2, 0) is 9.59 Å². The molecule has 208 valence electrons. The lowest BCUT2D eigenvalue weighted by molar-refractivity contribution is -0.144. The molecule has 8 nitrogen and oxygen atoms in total. The van der Waals surface area contributed by atoms with Gasteiger partial charge in [0.25, 0.3) is 0 Å². The Bertz CT molecular complexity index is 1300. The van der Waals surface area contributed by atoms with Crippen LogP contribution in [0.25, 0.3) is 22.2 Å². The lowest BCUT2D eigenvalue weighted by Gasteiger charge is -2.58. The summed E-state index contributed by atoms with van der Waals surface area (Å²) in [7, 11) is 1.62. The lowest BCUT2D eigenvalue weighted by Crippen LogP contribution is -2.63. The number of ether oxygens (including phenoxy) is 1. The molecule has 2 N–H and O–H groups in total. The first-order valence-corrected chi connectivity index (χ1v) is 14.5. The summed E-state index contributed by atoms with van der Waals surface area (Å²) in [6, 6.07) is 9.80. The van der Waals surface area contributed by atoms with Crippen LogP contribution < -0.4 is 10.1 Å². The molecular formula is C31H41N5O3. The van der Waals surface area contributed by atoms with E-state index >= 15 is 0 Å². The van der Waals surface area contributed by atoms with Crippen LogP contribution >= 0.6 is 0 Å². The Morgan fingerprint density at radius 2 is 1.97 bits per heavy atom. The molecule has 2 aromatic heterocycles. The summed E-state index contributed by atoms with van der Waals surface area (Å²) >= 11 is 0. The molecule has 8 heteroatoms. The van der Waals surface area contributed by atoms with E-state index in [1.165, 1.54) is 0 Å². The number of likely N-dealkylation sites (tertiary alicyclic amines) is 1. The van der Waals surface area contributed by atoms with Crippen molar-refractivity contribution in [1.29, 1.82) is 0 Å². The maximum absolute atomic E-state index is 13.3. The van der Waals surface area contributed by atoms with Crippen LogP contribution in [0.15, 0.2) is 36.5 Å². The molecule has 0 bridgehead atoms. The number of hydrogen-bond acceptors (Lipinski definition) is 6. The van der Waals surface area contributed by atoms with Gasteiger partial charge >= 0.3 is 0 Å². The van der Waals surface area contributed by atoms with E-state index in [-0.39, 0.29) is 17.9 Å². The molecule has 1 aliphatic heterocycles. The van der Waals surface area contributed by atoms with Crippen molar-refractivity contribution in [1.82, 2.24) is 25.2 Å². The number of ketones is 1. The fourth-order valence-corrected chi connectivity index (χ4v) is 6.24. The van der Waals surface area contributed by atoms with Crippen LogP contribution in [-0.4, -0.2) is 58.3 Å². The van der Waals surface area contributed by atoms with E-state index in [1.807, 2.05) is 31.2 Å². The molecule has 39 heavy (non-hydrogen) atoms. The molecule has 0 radical (unpaired) electrons. The zero-order valence-electron chi connectivity index (χ0n) is 23.5. The summed E-state index contributed by atoms with van der Waals surface area (Å²) in [4.78, 5) is 40.3. The van der Waals surface area contributed by atoms with E-state index in [0.29, 0.717) is 29.9 Å². The first-order chi connectivity index (χ1) is 18.9. The Morgan fingerprint density at radius 3 is 2.72 bits per heavy atom. The van der Waals surface area contributed by atoms with Crippen LogP contribution in [0.4, 0.5) is 0 Å². The number of aromatic nitrogens is 3. The summed E-state index contributed by atoms with van der Waals surface area (Å²) in [6.45, 7) is 7.44. The number of imidazole rings is 1. The molecule has 3 aromatic rings. The molecule has 1 saturated carbocycles. The third-order valence-corrected chi connectivity index (χ3v) is 8.55. The number of benzene rings is 1. The van der Waals surface area contributed by atoms with Crippen LogP contribution in [0.1, 0.15) is 77.1 Å². The number of amides is 1. The van der Waals surface area contributed by atoms with Crippen LogP contribution in [0.2, 0.25) is 0 Å². The molecule has 1 aliphatic carbocycles. The fourth-order valence-electron chi connectivity index (χ4n) is 6.24. The number of rotatable bonds is 13. The monoisotopic (exact) mass is 531 g/mol. The van der Waals surface area contributed by atoms with Gasteiger partial charge in [-0.25, -0.2) is 9.97 Å². The standard InChI is InChI=1S/C31H41N5O3/c1-4-23(37)12-7-6-8-14-26(34-29(38)22-16-31(17-22)19-36(5-2)20-31)28-32-18-27(33-28)24-15-21-11-9-10-13-25(21)35-30(24)39-3/h9-11,13,15,18,22,26H,4-8,12,14,16-17,19-20H2,1-3H3,(H,32,33)(H,34,38)/t26-/m0/s1. The molecule has 5 rings (SSSR count). The van der Waals surface area contributed by atoms with Gasteiger partial charge in [-0.15, -0.1) is 0 Å². The van der Waals surface area contributed by atoms with Gasteiger partial charge in [-0.1, -0.05) is 44.9 Å². The van der Waals surface area contributed by atoms with Gasteiger partial charge in [-0.2, -0.15) is 0 Å². The van der Waals surface area contributed by atoms with Crippen molar-refractivity contribution >= 4 is 22.6 Å². The maximum atomic E-state index is 13.3. The zero-order valence-corrected chi connectivity index (χ0v) is 23.5. The van der Waals surface area contributed by atoms with Gasteiger partial charge in [0.1, 0.15) is 11.6 Å². The Hall–Kier alpha value is -3.26. The van der Waals surface area contributed by atoms with Gasteiger partial charge < -0.3 is 19.9 Å². The maximum Gasteiger partial charge on any atom is 0.223 e. The van der Waals surface area contributed by atoms with Gasteiger partial charge in [-0.3, -0.25) is 9.59 Å². The Kier molecular flexibility index (Phi) is 8.31. The lowest BCUT2D eigenvalue weighted by atomic mass is 9.57. The minimum Gasteiger partial charge on any atom is -0.480 e. The third-order valence-electron chi connectivity index (χ3n) is 8.55. The molecule has 2 fully saturated rings. The zero-order chi connectivity index (χ0) is 27.4. The van der Waals surface area contributed by atoms with Crippen LogP contribution in [0.5, 0.6) is 5.88 Å². The van der Waals surface area contributed by atoms with Gasteiger partial charge in [0.05, 0.1) is 36.1 Å². The predicted octanol–water partition coefficient (Wildman–Crippen LogP) is 5.45. The minimum absolute atomic E-state index is 0.0768. The highest BCUT2D eigenvalue weighted by Crippen LogP contribution is 2.52. The SMILES string of the molecule is CCC(=O)CCCCC[C@H](NC(=O)C1CC2(C1)CN(CC)C2)c1ncc(-c2cc3ccccc3nc2OC)[nH]1. The van der Waals surface area contributed by atoms with E-state index in [2.05, 4.69) is 33.2 Å². The van der Waals surface area contributed by atoms with Gasteiger partial charge in [0.2, 0.25) is 11.8 Å². The van der Waals surface area contributed by atoms with Crippen molar-refractivity contribution in [3.05, 3.63) is 42.4 Å². The number of para-hydroxylation sites is 1. The molecule has 1 aromatic carbocycles. The number of carbonyl (C=O) groups is 2. The number of aromatic amines is 1. The van der Waals surface area contributed by atoms with E-state index in [1.54, 1.807) is 13.3 Å². The Balaban J connectivity index is 1.29. The molecular weight excluding hydrogens is 490 g/mol. The van der Waals surface area contributed by atoms with Crippen LogP contribution in [0.3, 0.4) is 0 Å². The van der Waals surface area contributed by atoms with Crippen molar-refractivity contribution in [2.75, 3.05) is 26.7 Å². The number of unbranched alkanes of at least 4 members (excludes halogenated alkanes) is 2. The van der Waals surface area contributed by atoms with Gasteiger partial charge in [-0.05, 0) is 49.8 Å². The van der Waals surface area contributed by atoms with E-state index < -0.39 is 0 Å². The Morgan fingerprint density at radius 1 is 1.18 bits per heavy atom. The summed E-state index contributed by atoms with van der Waals surface area (Å²) in [5.74, 6) is 1.79. The summed E-state index contributed by atoms with van der Waals surface area (Å²) in [6.07, 6.45) is 8.51. The first-order valence-electron chi connectivity index (χ1n) is 14.5. The third kappa shape index (κ3) is 6.01. The van der Waals surface area contributed by atoms with E-state index in [4.69, 9.17) is 9.72 Å². The molecule has 0 unspecified atom stereocenters. The number of methoxy groups -OCH3 is 1. The highest BCUT2D eigenvalue weighted by molar-refractivity contribution is 5.85. The highest BCUT2D eigenvalue weighted by atomic mass is 16.5. The quantitative estimate of drug-likeness (QED) is 0.285. The number of nitrogens with one attached hydrogen (secondary N) is 2. The highest BCUT2D eigenvalue weighted by Gasteiger charge is 2.53.